The number of guanidine groups is 1. The van der Waals surface area contributed by atoms with Crippen LogP contribution >= 0.6 is 24.0 Å². The second-order valence-corrected chi connectivity index (χ2v) is 10.0. The average Bonchev–Trinajstić information content (AvgIpc) is 2.73. The summed E-state index contributed by atoms with van der Waals surface area (Å²) in [4.78, 5) is 4.93. The Kier molecular flexibility index (Phi) is 11.6. The van der Waals surface area contributed by atoms with E-state index in [2.05, 4.69) is 61.7 Å². The third-order valence-corrected chi connectivity index (χ3v) is 7.53. The van der Waals surface area contributed by atoms with Crippen LogP contribution in [-0.2, 0) is 15.4 Å². The van der Waals surface area contributed by atoms with Crippen LogP contribution in [0.1, 0.15) is 52.0 Å². The van der Waals surface area contributed by atoms with Gasteiger partial charge in [0.1, 0.15) is 0 Å². The maximum Gasteiger partial charge on any atom is 0.211 e. The van der Waals surface area contributed by atoms with Gasteiger partial charge in [-0.2, -0.15) is 0 Å². The molecule has 0 radical (unpaired) electrons. The van der Waals surface area contributed by atoms with E-state index in [9.17, 15) is 8.42 Å². The van der Waals surface area contributed by atoms with Gasteiger partial charge in [-0.3, -0.25) is 4.99 Å². The van der Waals surface area contributed by atoms with E-state index in [1.165, 1.54) is 11.8 Å². The summed E-state index contributed by atoms with van der Waals surface area (Å²) in [6.45, 7) is 10.2. The number of aliphatic imine (C=N–C) groups is 1. The molecule has 8 heteroatoms. The molecule has 172 valence electrons. The van der Waals surface area contributed by atoms with Crippen molar-refractivity contribution in [3.05, 3.63) is 35.9 Å². The van der Waals surface area contributed by atoms with E-state index in [-0.39, 0.29) is 29.4 Å². The first-order chi connectivity index (χ1) is 13.8. The zero-order valence-electron chi connectivity index (χ0n) is 18.9. The van der Waals surface area contributed by atoms with Crippen LogP contribution < -0.4 is 10.6 Å². The van der Waals surface area contributed by atoms with Crippen molar-refractivity contribution in [1.29, 1.82) is 0 Å². The van der Waals surface area contributed by atoms with Crippen molar-refractivity contribution < 1.29 is 8.42 Å². The molecule has 1 heterocycles. The molecule has 0 aliphatic carbocycles. The first-order valence-electron chi connectivity index (χ1n) is 10.9. The van der Waals surface area contributed by atoms with Gasteiger partial charge < -0.3 is 10.6 Å². The van der Waals surface area contributed by atoms with E-state index >= 15 is 0 Å². The summed E-state index contributed by atoms with van der Waals surface area (Å²) < 4.78 is 24.9. The summed E-state index contributed by atoms with van der Waals surface area (Å²) in [5.74, 6) is 1.31. The molecule has 6 nitrogen and oxygen atoms in total. The molecule has 2 N–H and O–H groups in total. The Morgan fingerprint density at radius 2 is 1.70 bits per heavy atom. The molecule has 1 aliphatic heterocycles. The SMILES string of the molecule is CCNC(=NCC(CC)(CC)c1ccccc1)NCC1CCN(S(C)(=O)=O)CC1.I. The molecule has 2 rings (SSSR count). The van der Waals surface area contributed by atoms with Gasteiger partial charge >= 0.3 is 0 Å². The van der Waals surface area contributed by atoms with Gasteiger partial charge in [0.15, 0.2) is 5.96 Å². The van der Waals surface area contributed by atoms with Gasteiger partial charge in [-0.05, 0) is 44.1 Å². The van der Waals surface area contributed by atoms with Crippen molar-refractivity contribution in [2.45, 2.75) is 51.9 Å². The van der Waals surface area contributed by atoms with Gasteiger partial charge in [-0.1, -0.05) is 44.2 Å². The Morgan fingerprint density at radius 3 is 2.20 bits per heavy atom. The maximum atomic E-state index is 11.7. The molecule has 1 aliphatic rings. The van der Waals surface area contributed by atoms with E-state index in [4.69, 9.17) is 4.99 Å². The molecule has 0 unspecified atom stereocenters. The van der Waals surface area contributed by atoms with Crippen LogP contribution in [0.25, 0.3) is 0 Å². The van der Waals surface area contributed by atoms with E-state index in [0.717, 1.165) is 51.3 Å². The Hall–Kier alpha value is -0.870. The number of nitrogens with one attached hydrogen (secondary N) is 2. The summed E-state index contributed by atoms with van der Waals surface area (Å²) in [6.07, 6.45) is 5.15. The Bertz CT molecular complexity index is 744. The molecule has 30 heavy (non-hydrogen) atoms. The number of benzene rings is 1. The van der Waals surface area contributed by atoms with Gasteiger partial charge in [0.05, 0.1) is 12.8 Å². The van der Waals surface area contributed by atoms with E-state index < -0.39 is 10.0 Å². The van der Waals surface area contributed by atoms with Crippen LogP contribution in [0.5, 0.6) is 0 Å². The number of hydrogen-bond donors (Lipinski definition) is 2. The van der Waals surface area contributed by atoms with E-state index in [1.807, 2.05) is 0 Å². The molecule has 0 amide bonds. The quantitative estimate of drug-likeness (QED) is 0.280. The Balaban J connectivity index is 0.00000450. The summed E-state index contributed by atoms with van der Waals surface area (Å²) >= 11 is 0. The standard InChI is InChI=1S/C22H38N4O2S.HI/c1-5-22(6-2,20-11-9-8-10-12-20)18-25-21(23-7-3)24-17-19-13-15-26(16-14-19)29(4,27)28;/h8-12,19H,5-7,13-18H2,1-4H3,(H2,23,24,25);1H. The summed E-state index contributed by atoms with van der Waals surface area (Å²) in [5, 5.41) is 6.85. The molecular formula is C22H39IN4O2S. The summed E-state index contributed by atoms with van der Waals surface area (Å²) in [6, 6.07) is 10.7. The fourth-order valence-corrected chi connectivity index (χ4v) is 4.90. The van der Waals surface area contributed by atoms with Crippen molar-refractivity contribution >= 4 is 40.0 Å². The monoisotopic (exact) mass is 550 g/mol. The number of sulfonamides is 1. The van der Waals surface area contributed by atoms with Crippen molar-refractivity contribution in [1.82, 2.24) is 14.9 Å². The van der Waals surface area contributed by atoms with Crippen LogP contribution in [0.4, 0.5) is 0 Å². The fraction of sp³-hybridized carbons (Fsp3) is 0.682. The van der Waals surface area contributed by atoms with Gasteiger partial charge in [0.25, 0.3) is 0 Å². The smallest absolute Gasteiger partial charge is 0.211 e. The van der Waals surface area contributed by atoms with E-state index in [1.54, 1.807) is 4.31 Å². The minimum Gasteiger partial charge on any atom is -0.357 e. The number of halogens is 1. The number of hydrogen-bond acceptors (Lipinski definition) is 3. The highest BCUT2D eigenvalue weighted by molar-refractivity contribution is 14.0. The van der Waals surface area contributed by atoms with E-state index in [0.29, 0.717) is 19.0 Å². The number of rotatable bonds is 9. The highest BCUT2D eigenvalue weighted by Crippen LogP contribution is 2.32. The normalized spacial score (nSPS) is 16.7. The van der Waals surface area contributed by atoms with Crippen LogP contribution in [0.2, 0.25) is 0 Å². The Labute approximate surface area is 200 Å². The van der Waals surface area contributed by atoms with Crippen molar-refractivity contribution in [2.24, 2.45) is 10.9 Å². The molecule has 1 fully saturated rings. The molecule has 0 spiro atoms. The second-order valence-electron chi connectivity index (χ2n) is 8.03. The van der Waals surface area contributed by atoms with Gasteiger partial charge in [-0.25, -0.2) is 12.7 Å². The van der Waals surface area contributed by atoms with Gasteiger partial charge in [0.2, 0.25) is 10.0 Å². The maximum absolute atomic E-state index is 11.7. The first kappa shape index (κ1) is 27.2. The fourth-order valence-electron chi connectivity index (χ4n) is 4.02. The van der Waals surface area contributed by atoms with Crippen LogP contribution in [-0.4, -0.2) is 57.7 Å². The lowest BCUT2D eigenvalue weighted by Crippen LogP contribution is -2.44. The zero-order valence-corrected chi connectivity index (χ0v) is 22.0. The summed E-state index contributed by atoms with van der Waals surface area (Å²) in [5.41, 5.74) is 1.39. The predicted molar refractivity (Wildman–Crippen MR) is 137 cm³/mol. The molecule has 1 aromatic carbocycles. The molecule has 0 saturated carbocycles. The predicted octanol–water partition coefficient (Wildman–Crippen LogP) is 3.59. The molecule has 1 saturated heterocycles. The summed E-state index contributed by atoms with van der Waals surface area (Å²) in [7, 11) is -3.07. The zero-order chi connectivity index (χ0) is 21.3. The van der Waals surface area contributed by atoms with Crippen LogP contribution in [0, 0.1) is 5.92 Å². The largest absolute Gasteiger partial charge is 0.357 e. The second kappa shape index (κ2) is 12.9. The third kappa shape index (κ3) is 7.67. The Morgan fingerprint density at radius 1 is 1.10 bits per heavy atom. The molecule has 0 bridgehead atoms. The number of nitrogens with zero attached hydrogens (tertiary/aromatic N) is 2. The molecule has 0 atom stereocenters. The minimum atomic E-state index is -3.07. The molecule has 0 aromatic heterocycles. The third-order valence-electron chi connectivity index (χ3n) is 6.22. The minimum absolute atomic E-state index is 0. The lowest BCUT2D eigenvalue weighted by atomic mass is 9.76. The lowest BCUT2D eigenvalue weighted by Gasteiger charge is -2.32. The van der Waals surface area contributed by atoms with Crippen LogP contribution in [0.3, 0.4) is 0 Å². The van der Waals surface area contributed by atoms with Crippen molar-refractivity contribution in [3.63, 3.8) is 0 Å². The van der Waals surface area contributed by atoms with Crippen LogP contribution in [0.15, 0.2) is 35.3 Å². The highest BCUT2D eigenvalue weighted by Gasteiger charge is 2.28. The first-order valence-corrected chi connectivity index (χ1v) is 12.7. The lowest BCUT2D eigenvalue weighted by molar-refractivity contribution is 0.274. The highest BCUT2D eigenvalue weighted by atomic mass is 127. The van der Waals surface area contributed by atoms with Crippen molar-refractivity contribution in [2.75, 3.05) is 39.0 Å². The van der Waals surface area contributed by atoms with Gasteiger partial charge in [-0.15, -0.1) is 24.0 Å². The van der Waals surface area contributed by atoms with Gasteiger partial charge in [0, 0.05) is 31.6 Å². The molecular weight excluding hydrogens is 511 g/mol. The molecule has 1 aromatic rings. The average molecular weight is 551 g/mol. The van der Waals surface area contributed by atoms with Crippen molar-refractivity contribution in [3.8, 4) is 0 Å². The number of piperidine rings is 1. The topological polar surface area (TPSA) is 73.8 Å².